The van der Waals surface area contributed by atoms with Crippen LogP contribution in [0, 0.1) is 5.92 Å². The number of benzene rings is 1. The topological polar surface area (TPSA) is 32.3 Å². The van der Waals surface area contributed by atoms with Crippen molar-refractivity contribution in [2.45, 2.75) is 32.4 Å². The van der Waals surface area contributed by atoms with Crippen molar-refractivity contribution in [2.24, 2.45) is 5.92 Å². The first-order valence-corrected chi connectivity index (χ1v) is 6.21. The zero-order valence-electron chi connectivity index (χ0n) is 10.8. The highest BCUT2D eigenvalue weighted by atomic mass is 16.3. The van der Waals surface area contributed by atoms with Gasteiger partial charge in [0.2, 0.25) is 0 Å². The summed E-state index contributed by atoms with van der Waals surface area (Å²) < 4.78 is 0. The maximum absolute atomic E-state index is 9.37. The van der Waals surface area contributed by atoms with E-state index in [0.29, 0.717) is 5.92 Å². The lowest BCUT2D eigenvalue weighted by Crippen LogP contribution is -2.39. The van der Waals surface area contributed by atoms with Crippen LogP contribution in [-0.4, -0.2) is 17.8 Å². The lowest BCUT2D eigenvalue weighted by atomic mass is 9.99. The van der Waals surface area contributed by atoms with Gasteiger partial charge in [-0.1, -0.05) is 50.3 Å². The molecular formula is C15H23NO. The Kier molecular flexibility index (Phi) is 5.95. The second kappa shape index (κ2) is 7.25. The van der Waals surface area contributed by atoms with Gasteiger partial charge < -0.3 is 10.4 Å². The van der Waals surface area contributed by atoms with E-state index in [2.05, 4.69) is 37.9 Å². The molecule has 0 saturated heterocycles. The molecule has 17 heavy (non-hydrogen) atoms. The summed E-state index contributed by atoms with van der Waals surface area (Å²) in [5, 5.41) is 12.9. The Bertz CT molecular complexity index is 321. The number of aliphatic hydroxyl groups excluding tert-OH is 1. The lowest BCUT2D eigenvalue weighted by Gasteiger charge is -2.26. The second-order valence-corrected chi connectivity index (χ2v) is 4.69. The largest absolute Gasteiger partial charge is 0.395 e. The van der Waals surface area contributed by atoms with Crippen LogP contribution < -0.4 is 5.32 Å². The number of nitrogens with one attached hydrogen (secondary N) is 1. The summed E-state index contributed by atoms with van der Waals surface area (Å²) in [6.45, 7) is 8.20. The summed E-state index contributed by atoms with van der Waals surface area (Å²) in [5.41, 5.74) is 1.24. The minimum Gasteiger partial charge on any atom is -0.395 e. The maximum Gasteiger partial charge on any atom is 0.0587 e. The van der Waals surface area contributed by atoms with Gasteiger partial charge in [0.15, 0.2) is 0 Å². The molecule has 0 aliphatic heterocycles. The summed E-state index contributed by atoms with van der Waals surface area (Å²) >= 11 is 0. The van der Waals surface area contributed by atoms with Crippen molar-refractivity contribution in [1.82, 2.24) is 5.32 Å². The first-order valence-electron chi connectivity index (χ1n) is 6.21. The first-order chi connectivity index (χ1) is 8.19. The van der Waals surface area contributed by atoms with E-state index in [-0.39, 0.29) is 18.7 Å². The monoisotopic (exact) mass is 233 g/mol. The summed E-state index contributed by atoms with van der Waals surface area (Å²) in [6, 6.07) is 10.7. The van der Waals surface area contributed by atoms with Crippen molar-refractivity contribution in [3.05, 3.63) is 48.6 Å². The third-order valence-corrected chi connectivity index (χ3v) is 3.02. The first kappa shape index (κ1) is 13.9. The van der Waals surface area contributed by atoms with Crippen molar-refractivity contribution in [2.75, 3.05) is 6.61 Å². The van der Waals surface area contributed by atoms with Crippen LogP contribution in [0.4, 0.5) is 0 Å². The Labute approximate surface area is 104 Å². The number of hydrogen-bond acceptors (Lipinski definition) is 2. The molecule has 2 nitrogen and oxygen atoms in total. The zero-order valence-corrected chi connectivity index (χ0v) is 10.8. The van der Waals surface area contributed by atoms with Crippen LogP contribution in [0.3, 0.4) is 0 Å². The molecule has 1 aromatic rings. The number of aliphatic hydroxyl groups is 1. The molecule has 94 valence electrons. The molecule has 0 radical (unpaired) electrons. The van der Waals surface area contributed by atoms with Gasteiger partial charge >= 0.3 is 0 Å². The quantitative estimate of drug-likeness (QED) is 0.710. The predicted octanol–water partition coefficient (Wildman–Crippen LogP) is 2.91. The summed E-state index contributed by atoms with van der Waals surface area (Å²) in [4.78, 5) is 0. The maximum atomic E-state index is 9.37. The molecule has 0 heterocycles. The molecular weight excluding hydrogens is 210 g/mol. The summed E-state index contributed by atoms with van der Waals surface area (Å²) in [6.07, 6.45) is 2.78. The van der Waals surface area contributed by atoms with Crippen molar-refractivity contribution in [1.29, 1.82) is 0 Å². The normalized spacial score (nSPS) is 14.6. The average Bonchev–Trinajstić information content (AvgIpc) is 2.35. The van der Waals surface area contributed by atoms with Crippen LogP contribution in [0.5, 0.6) is 0 Å². The Morgan fingerprint density at radius 1 is 1.29 bits per heavy atom. The average molecular weight is 233 g/mol. The molecule has 0 amide bonds. The molecule has 0 fully saturated rings. The highest BCUT2D eigenvalue weighted by molar-refractivity contribution is 5.19. The van der Waals surface area contributed by atoms with Crippen molar-refractivity contribution in [3.63, 3.8) is 0 Å². The van der Waals surface area contributed by atoms with E-state index in [1.54, 1.807) is 0 Å². The van der Waals surface area contributed by atoms with Crippen LogP contribution in [0.25, 0.3) is 0 Å². The molecule has 2 atom stereocenters. The predicted molar refractivity (Wildman–Crippen MR) is 72.8 cm³/mol. The Morgan fingerprint density at radius 3 is 2.41 bits per heavy atom. The van der Waals surface area contributed by atoms with Crippen LogP contribution in [0.15, 0.2) is 43.0 Å². The van der Waals surface area contributed by atoms with Crippen LogP contribution >= 0.6 is 0 Å². The molecule has 0 aliphatic rings. The zero-order chi connectivity index (χ0) is 12.7. The van der Waals surface area contributed by atoms with Crippen LogP contribution in [0.1, 0.15) is 31.9 Å². The van der Waals surface area contributed by atoms with E-state index in [4.69, 9.17) is 0 Å². The molecule has 1 rings (SSSR count). The van der Waals surface area contributed by atoms with E-state index in [1.807, 2.05) is 24.3 Å². The Hall–Kier alpha value is -1.12. The Morgan fingerprint density at radius 2 is 1.94 bits per heavy atom. The highest BCUT2D eigenvalue weighted by Gasteiger charge is 2.17. The van der Waals surface area contributed by atoms with Gasteiger partial charge in [0.1, 0.15) is 0 Å². The van der Waals surface area contributed by atoms with Gasteiger partial charge in [-0.3, -0.25) is 0 Å². The molecule has 0 saturated carbocycles. The molecule has 0 bridgehead atoms. The fourth-order valence-electron chi connectivity index (χ4n) is 1.87. The van der Waals surface area contributed by atoms with Crippen molar-refractivity contribution < 1.29 is 5.11 Å². The fraction of sp³-hybridized carbons (Fsp3) is 0.467. The van der Waals surface area contributed by atoms with Gasteiger partial charge in [-0.2, -0.15) is 0 Å². The van der Waals surface area contributed by atoms with Gasteiger partial charge in [0.05, 0.1) is 6.61 Å². The van der Waals surface area contributed by atoms with E-state index in [0.717, 1.165) is 6.42 Å². The number of rotatable bonds is 7. The molecule has 2 N–H and O–H groups in total. The van der Waals surface area contributed by atoms with E-state index >= 15 is 0 Å². The van der Waals surface area contributed by atoms with Crippen molar-refractivity contribution in [3.8, 4) is 0 Å². The molecule has 0 aromatic heterocycles. The van der Waals surface area contributed by atoms with Crippen LogP contribution in [0.2, 0.25) is 0 Å². The highest BCUT2D eigenvalue weighted by Crippen LogP contribution is 2.19. The van der Waals surface area contributed by atoms with Gasteiger partial charge in [0.25, 0.3) is 0 Å². The standard InChI is InChI=1S/C15H23NO/c1-4-8-14(13-9-6-5-7-10-13)16-15(11-17)12(2)3/h4-7,9-10,12,14-17H,1,8,11H2,2-3H3/t14-,15+/m0/s1. The van der Waals surface area contributed by atoms with Crippen LogP contribution in [-0.2, 0) is 0 Å². The third-order valence-electron chi connectivity index (χ3n) is 3.02. The van der Waals surface area contributed by atoms with E-state index in [9.17, 15) is 5.11 Å². The summed E-state index contributed by atoms with van der Waals surface area (Å²) in [5.74, 6) is 0.413. The summed E-state index contributed by atoms with van der Waals surface area (Å²) in [7, 11) is 0. The van der Waals surface area contributed by atoms with Gasteiger partial charge in [-0.25, -0.2) is 0 Å². The van der Waals surface area contributed by atoms with Crippen molar-refractivity contribution >= 4 is 0 Å². The molecule has 1 aromatic carbocycles. The molecule has 0 spiro atoms. The van der Waals surface area contributed by atoms with Gasteiger partial charge in [0, 0.05) is 12.1 Å². The third kappa shape index (κ3) is 4.33. The van der Waals surface area contributed by atoms with E-state index < -0.39 is 0 Å². The molecule has 0 aliphatic carbocycles. The molecule has 2 heteroatoms. The lowest BCUT2D eigenvalue weighted by molar-refractivity contribution is 0.199. The minimum absolute atomic E-state index is 0.125. The smallest absolute Gasteiger partial charge is 0.0587 e. The number of hydrogen-bond donors (Lipinski definition) is 2. The van der Waals surface area contributed by atoms with Gasteiger partial charge in [-0.05, 0) is 17.9 Å². The fourth-order valence-corrected chi connectivity index (χ4v) is 1.87. The van der Waals surface area contributed by atoms with Gasteiger partial charge in [-0.15, -0.1) is 6.58 Å². The minimum atomic E-state index is 0.125. The second-order valence-electron chi connectivity index (χ2n) is 4.69. The Balaban J connectivity index is 2.76. The van der Waals surface area contributed by atoms with E-state index in [1.165, 1.54) is 5.56 Å². The SMILES string of the molecule is C=CC[C@H](N[C@H](CO)C(C)C)c1ccccc1. The molecule has 0 unspecified atom stereocenters.